The molecule has 0 aliphatic heterocycles. The van der Waals surface area contributed by atoms with Gasteiger partial charge >= 0.3 is 0 Å². The van der Waals surface area contributed by atoms with Crippen molar-refractivity contribution >= 4 is 5.57 Å². The Bertz CT molecular complexity index is 267. The number of hydrogen-bond acceptors (Lipinski definition) is 4. The van der Waals surface area contributed by atoms with E-state index in [9.17, 15) is 0 Å². The highest BCUT2D eigenvalue weighted by atomic mass is 16.5. The zero-order valence-corrected chi connectivity index (χ0v) is 7.21. The van der Waals surface area contributed by atoms with E-state index in [1.54, 1.807) is 0 Å². The molecule has 1 heterocycles. The largest absolute Gasteiger partial charge is 0.339 e. The zero-order valence-electron chi connectivity index (χ0n) is 7.21. The standard InChI is InChI=1S/C8H13N3O/c1-6(2)8-10-7(12-11-8)4-3-5-9/h1,3-5,9H2,2H3. The molecule has 0 aliphatic rings. The first kappa shape index (κ1) is 8.93. The zero-order chi connectivity index (χ0) is 8.97. The number of allylic oxidation sites excluding steroid dienone is 1. The van der Waals surface area contributed by atoms with Crippen LogP contribution in [0, 0.1) is 0 Å². The summed E-state index contributed by atoms with van der Waals surface area (Å²) >= 11 is 0. The topological polar surface area (TPSA) is 64.9 Å². The highest BCUT2D eigenvalue weighted by Crippen LogP contribution is 2.07. The van der Waals surface area contributed by atoms with Crippen LogP contribution in [0.5, 0.6) is 0 Å². The lowest BCUT2D eigenvalue weighted by Gasteiger charge is -1.88. The molecule has 1 aromatic rings. The van der Waals surface area contributed by atoms with Gasteiger partial charge in [0.2, 0.25) is 5.89 Å². The lowest BCUT2D eigenvalue weighted by molar-refractivity contribution is 0.374. The Morgan fingerprint density at radius 2 is 2.42 bits per heavy atom. The predicted octanol–water partition coefficient (Wildman–Crippen LogP) is 0.994. The number of aromatic nitrogens is 2. The van der Waals surface area contributed by atoms with Crippen molar-refractivity contribution in [2.24, 2.45) is 5.73 Å². The number of rotatable bonds is 4. The molecule has 0 amide bonds. The summed E-state index contributed by atoms with van der Waals surface area (Å²) in [6.45, 7) is 6.20. The van der Waals surface area contributed by atoms with Gasteiger partial charge in [-0.2, -0.15) is 4.98 Å². The van der Waals surface area contributed by atoms with Gasteiger partial charge in [0, 0.05) is 6.42 Å². The lowest BCUT2D eigenvalue weighted by Crippen LogP contribution is -2.00. The van der Waals surface area contributed by atoms with Crippen LogP contribution in [0.25, 0.3) is 5.57 Å². The summed E-state index contributed by atoms with van der Waals surface area (Å²) in [6.07, 6.45) is 1.62. The molecule has 0 radical (unpaired) electrons. The molecule has 1 aromatic heterocycles. The molecule has 66 valence electrons. The van der Waals surface area contributed by atoms with E-state index >= 15 is 0 Å². The Kier molecular flexibility index (Phi) is 2.99. The third kappa shape index (κ3) is 2.17. The quantitative estimate of drug-likeness (QED) is 0.726. The average molecular weight is 167 g/mol. The van der Waals surface area contributed by atoms with Crippen LogP contribution in [-0.4, -0.2) is 16.7 Å². The fraction of sp³-hybridized carbons (Fsp3) is 0.500. The molecular formula is C8H13N3O. The Hall–Kier alpha value is -1.16. The van der Waals surface area contributed by atoms with Crippen molar-refractivity contribution in [2.75, 3.05) is 6.54 Å². The Morgan fingerprint density at radius 3 is 2.92 bits per heavy atom. The maximum Gasteiger partial charge on any atom is 0.226 e. The van der Waals surface area contributed by atoms with Gasteiger partial charge in [0.15, 0.2) is 5.82 Å². The normalized spacial score (nSPS) is 10.2. The highest BCUT2D eigenvalue weighted by Gasteiger charge is 2.04. The van der Waals surface area contributed by atoms with E-state index in [2.05, 4.69) is 16.7 Å². The van der Waals surface area contributed by atoms with Crippen molar-refractivity contribution < 1.29 is 4.52 Å². The van der Waals surface area contributed by atoms with E-state index in [-0.39, 0.29) is 0 Å². The fourth-order valence-electron chi connectivity index (χ4n) is 0.783. The molecule has 0 unspecified atom stereocenters. The first-order valence-electron chi connectivity index (χ1n) is 3.92. The molecule has 0 spiro atoms. The lowest BCUT2D eigenvalue weighted by atomic mass is 10.3. The number of aryl methyl sites for hydroxylation is 1. The number of nitrogens with two attached hydrogens (primary N) is 1. The molecule has 12 heavy (non-hydrogen) atoms. The molecule has 0 atom stereocenters. The number of hydrogen-bond donors (Lipinski definition) is 1. The molecule has 0 bridgehead atoms. The van der Waals surface area contributed by atoms with Crippen LogP contribution in [-0.2, 0) is 6.42 Å². The van der Waals surface area contributed by atoms with Crippen molar-refractivity contribution in [3.05, 3.63) is 18.3 Å². The SMILES string of the molecule is C=C(C)c1noc(CCCN)n1. The van der Waals surface area contributed by atoms with Crippen LogP contribution in [0.3, 0.4) is 0 Å². The number of nitrogens with zero attached hydrogens (tertiary/aromatic N) is 2. The molecular weight excluding hydrogens is 154 g/mol. The van der Waals surface area contributed by atoms with Gasteiger partial charge in [0.1, 0.15) is 0 Å². The Labute approximate surface area is 71.5 Å². The Balaban J connectivity index is 2.58. The van der Waals surface area contributed by atoms with Crippen molar-refractivity contribution in [2.45, 2.75) is 19.8 Å². The molecule has 0 aliphatic carbocycles. The van der Waals surface area contributed by atoms with Crippen LogP contribution in [0.2, 0.25) is 0 Å². The summed E-state index contributed by atoms with van der Waals surface area (Å²) in [4.78, 5) is 4.11. The summed E-state index contributed by atoms with van der Waals surface area (Å²) in [5, 5.41) is 3.74. The smallest absolute Gasteiger partial charge is 0.226 e. The van der Waals surface area contributed by atoms with Gasteiger partial charge in [-0.05, 0) is 25.5 Å². The van der Waals surface area contributed by atoms with Crippen LogP contribution >= 0.6 is 0 Å². The van der Waals surface area contributed by atoms with Gasteiger partial charge in [-0.1, -0.05) is 11.7 Å². The minimum Gasteiger partial charge on any atom is -0.339 e. The average Bonchev–Trinajstić information content (AvgIpc) is 2.48. The first-order chi connectivity index (χ1) is 5.74. The van der Waals surface area contributed by atoms with Gasteiger partial charge < -0.3 is 10.3 Å². The van der Waals surface area contributed by atoms with Crippen LogP contribution in [0.15, 0.2) is 11.1 Å². The van der Waals surface area contributed by atoms with E-state index in [4.69, 9.17) is 10.3 Å². The second kappa shape index (κ2) is 4.01. The van der Waals surface area contributed by atoms with Crippen molar-refractivity contribution in [1.29, 1.82) is 0 Å². The third-order valence-electron chi connectivity index (χ3n) is 1.44. The molecule has 2 N–H and O–H groups in total. The van der Waals surface area contributed by atoms with E-state index in [1.165, 1.54) is 0 Å². The van der Waals surface area contributed by atoms with Crippen molar-refractivity contribution in [3.63, 3.8) is 0 Å². The van der Waals surface area contributed by atoms with Crippen LogP contribution in [0.1, 0.15) is 25.1 Å². The molecule has 0 aromatic carbocycles. The second-order valence-electron chi connectivity index (χ2n) is 2.68. The van der Waals surface area contributed by atoms with Gasteiger partial charge in [0.25, 0.3) is 0 Å². The summed E-state index contributed by atoms with van der Waals surface area (Å²) < 4.78 is 4.95. The summed E-state index contributed by atoms with van der Waals surface area (Å²) in [6, 6.07) is 0. The minimum atomic E-state index is 0.585. The van der Waals surface area contributed by atoms with Crippen LogP contribution < -0.4 is 5.73 Å². The van der Waals surface area contributed by atoms with E-state index in [0.717, 1.165) is 18.4 Å². The maximum absolute atomic E-state index is 5.34. The fourth-order valence-corrected chi connectivity index (χ4v) is 0.783. The van der Waals surface area contributed by atoms with Crippen molar-refractivity contribution in [1.82, 2.24) is 10.1 Å². The second-order valence-corrected chi connectivity index (χ2v) is 2.68. The van der Waals surface area contributed by atoms with Crippen molar-refractivity contribution in [3.8, 4) is 0 Å². The van der Waals surface area contributed by atoms with Gasteiger partial charge in [0.05, 0.1) is 0 Å². The molecule has 4 nitrogen and oxygen atoms in total. The monoisotopic (exact) mass is 167 g/mol. The first-order valence-corrected chi connectivity index (χ1v) is 3.92. The van der Waals surface area contributed by atoms with Gasteiger partial charge in [-0.25, -0.2) is 0 Å². The molecule has 4 heteroatoms. The Morgan fingerprint density at radius 1 is 1.67 bits per heavy atom. The maximum atomic E-state index is 5.34. The van der Waals surface area contributed by atoms with E-state index < -0.39 is 0 Å². The third-order valence-corrected chi connectivity index (χ3v) is 1.44. The van der Waals surface area contributed by atoms with Gasteiger partial charge in [-0.3, -0.25) is 0 Å². The van der Waals surface area contributed by atoms with E-state index in [0.29, 0.717) is 18.3 Å². The molecule has 0 saturated carbocycles. The minimum absolute atomic E-state index is 0.585. The van der Waals surface area contributed by atoms with Crippen LogP contribution in [0.4, 0.5) is 0 Å². The molecule has 0 fully saturated rings. The summed E-state index contributed by atoms with van der Waals surface area (Å²) in [7, 11) is 0. The van der Waals surface area contributed by atoms with Gasteiger partial charge in [-0.15, -0.1) is 0 Å². The molecule has 0 saturated heterocycles. The van der Waals surface area contributed by atoms with E-state index in [1.807, 2.05) is 6.92 Å². The summed E-state index contributed by atoms with van der Waals surface area (Å²) in [5.41, 5.74) is 6.15. The predicted molar refractivity (Wildman–Crippen MR) is 46.4 cm³/mol. The highest BCUT2D eigenvalue weighted by molar-refractivity contribution is 5.53. The molecule has 1 rings (SSSR count). The summed E-state index contributed by atoms with van der Waals surface area (Å²) in [5.74, 6) is 1.22.